The lowest BCUT2D eigenvalue weighted by Crippen LogP contribution is -2.29. The summed E-state index contributed by atoms with van der Waals surface area (Å²) in [4.78, 5) is 11.6. The molecule has 2 heterocycles. The van der Waals surface area contributed by atoms with Gasteiger partial charge < -0.3 is 11.1 Å². The second kappa shape index (κ2) is 2.50. The predicted octanol–water partition coefficient (Wildman–Crippen LogP) is 1.71. The highest BCUT2D eigenvalue weighted by molar-refractivity contribution is 5.96. The van der Waals surface area contributed by atoms with E-state index in [2.05, 4.69) is 5.32 Å². The van der Waals surface area contributed by atoms with Crippen molar-refractivity contribution in [3.8, 4) is 0 Å². The van der Waals surface area contributed by atoms with Gasteiger partial charge in [0.25, 0.3) is 0 Å². The van der Waals surface area contributed by atoms with Crippen LogP contribution in [0.2, 0.25) is 0 Å². The van der Waals surface area contributed by atoms with Crippen LogP contribution in [-0.2, 0) is 4.79 Å². The Labute approximate surface area is 82.3 Å². The molecule has 1 aromatic rings. The number of nitrogens with one attached hydrogen (secondary N) is 1. The quantitative estimate of drug-likeness (QED) is 0.609. The van der Waals surface area contributed by atoms with Crippen LogP contribution in [0.1, 0.15) is 24.3 Å². The van der Waals surface area contributed by atoms with Gasteiger partial charge in [-0.15, -0.1) is 0 Å². The molecule has 3 heteroatoms. The Morgan fingerprint density at radius 1 is 1.29 bits per heavy atom. The highest BCUT2D eigenvalue weighted by atomic mass is 16.1. The second-order valence-electron chi connectivity index (χ2n) is 4.20. The Kier molecular flexibility index (Phi) is 1.40. The minimum atomic E-state index is 0.171. The molecule has 0 aromatic heterocycles. The fourth-order valence-corrected chi connectivity index (χ4v) is 2.35. The van der Waals surface area contributed by atoms with Crippen molar-refractivity contribution in [1.82, 2.24) is 0 Å². The molecule has 1 aromatic carbocycles. The van der Waals surface area contributed by atoms with Crippen molar-refractivity contribution in [2.24, 2.45) is 5.92 Å². The lowest BCUT2D eigenvalue weighted by atomic mass is 9.72. The summed E-state index contributed by atoms with van der Waals surface area (Å²) >= 11 is 0. The predicted molar refractivity (Wildman–Crippen MR) is 54.9 cm³/mol. The van der Waals surface area contributed by atoms with Crippen LogP contribution >= 0.6 is 0 Å². The lowest BCUT2D eigenvalue weighted by molar-refractivity contribution is -0.122. The van der Waals surface area contributed by atoms with Crippen molar-refractivity contribution in [3.63, 3.8) is 0 Å². The van der Waals surface area contributed by atoms with Gasteiger partial charge in [-0.2, -0.15) is 0 Å². The van der Waals surface area contributed by atoms with E-state index in [1.807, 2.05) is 18.2 Å². The number of fused-ring (bicyclic) bond motifs is 1. The number of carbonyl (C=O) groups excluding carboxylic acids is 1. The Morgan fingerprint density at radius 3 is 2.86 bits per heavy atom. The van der Waals surface area contributed by atoms with Crippen LogP contribution in [0, 0.1) is 5.92 Å². The zero-order valence-corrected chi connectivity index (χ0v) is 7.79. The van der Waals surface area contributed by atoms with Gasteiger partial charge in [-0.25, -0.2) is 0 Å². The Balaban J connectivity index is 2.12. The van der Waals surface area contributed by atoms with Crippen molar-refractivity contribution in [2.45, 2.75) is 18.8 Å². The first kappa shape index (κ1) is 7.85. The Hall–Kier alpha value is -1.51. The van der Waals surface area contributed by atoms with Gasteiger partial charge in [-0.1, -0.05) is 0 Å². The number of hydrogen-bond donors (Lipinski definition) is 2. The number of nitrogens with two attached hydrogens (primary N) is 1. The molecule has 1 fully saturated rings. The molecule has 0 saturated heterocycles. The van der Waals surface area contributed by atoms with E-state index in [0.29, 0.717) is 5.92 Å². The molecule has 3 N–H and O–H groups in total. The number of carbonyl (C=O) groups is 1. The molecule has 2 bridgehead atoms. The molecule has 3 nitrogen and oxygen atoms in total. The minimum Gasteiger partial charge on any atom is -0.399 e. The van der Waals surface area contributed by atoms with E-state index in [-0.39, 0.29) is 11.8 Å². The van der Waals surface area contributed by atoms with Crippen LogP contribution in [0.25, 0.3) is 0 Å². The third kappa shape index (κ3) is 0.953. The average molecular weight is 188 g/mol. The SMILES string of the molecule is Nc1ccc2c(c1)C1CC(C1)C(=O)N2. The van der Waals surface area contributed by atoms with Gasteiger partial charge in [0.2, 0.25) is 5.91 Å². The van der Waals surface area contributed by atoms with Crippen LogP contribution in [0.3, 0.4) is 0 Å². The first-order chi connectivity index (χ1) is 6.74. The topological polar surface area (TPSA) is 55.1 Å². The molecule has 0 spiro atoms. The Morgan fingerprint density at radius 2 is 2.07 bits per heavy atom. The fourth-order valence-electron chi connectivity index (χ4n) is 2.35. The minimum absolute atomic E-state index is 0.171. The van der Waals surface area contributed by atoms with Gasteiger partial charge in [0.15, 0.2) is 0 Å². The summed E-state index contributed by atoms with van der Waals surface area (Å²) in [5, 5.41) is 2.95. The maximum absolute atomic E-state index is 11.6. The Bertz CT molecular complexity index is 408. The summed E-state index contributed by atoms with van der Waals surface area (Å²) in [5.74, 6) is 0.941. The lowest BCUT2D eigenvalue weighted by Gasteiger charge is -2.30. The van der Waals surface area contributed by atoms with Crippen LogP contribution in [0.5, 0.6) is 0 Å². The zero-order chi connectivity index (χ0) is 9.71. The molecule has 4 rings (SSSR count). The molecule has 0 atom stereocenters. The molecule has 0 radical (unpaired) electrons. The number of anilines is 2. The number of hydrogen-bond acceptors (Lipinski definition) is 2. The summed E-state index contributed by atoms with van der Waals surface area (Å²) in [5.41, 5.74) is 8.68. The first-order valence-electron chi connectivity index (χ1n) is 4.94. The molecule has 1 amide bonds. The molecule has 3 aliphatic rings. The molecular weight excluding hydrogens is 176 g/mol. The normalized spacial score (nSPS) is 28.4. The van der Waals surface area contributed by atoms with Crippen molar-refractivity contribution >= 4 is 17.3 Å². The van der Waals surface area contributed by atoms with E-state index < -0.39 is 0 Å². The summed E-state index contributed by atoms with van der Waals surface area (Å²) in [6, 6.07) is 5.73. The van der Waals surface area contributed by atoms with Crippen molar-refractivity contribution in [3.05, 3.63) is 23.8 Å². The van der Waals surface area contributed by atoms with E-state index >= 15 is 0 Å². The van der Waals surface area contributed by atoms with E-state index in [9.17, 15) is 4.79 Å². The van der Waals surface area contributed by atoms with E-state index in [4.69, 9.17) is 5.73 Å². The summed E-state index contributed by atoms with van der Waals surface area (Å²) in [6.07, 6.45) is 1.98. The van der Waals surface area contributed by atoms with E-state index in [1.54, 1.807) is 0 Å². The largest absolute Gasteiger partial charge is 0.399 e. The first-order valence-corrected chi connectivity index (χ1v) is 4.94. The number of rotatable bonds is 0. The van der Waals surface area contributed by atoms with Crippen LogP contribution in [0.15, 0.2) is 18.2 Å². The van der Waals surface area contributed by atoms with Crippen molar-refractivity contribution in [2.75, 3.05) is 11.1 Å². The van der Waals surface area contributed by atoms with Gasteiger partial charge in [0, 0.05) is 17.3 Å². The van der Waals surface area contributed by atoms with Gasteiger partial charge in [0.1, 0.15) is 0 Å². The maximum atomic E-state index is 11.6. The van der Waals surface area contributed by atoms with Gasteiger partial charge in [-0.3, -0.25) is 4.79 Å². The molecule has 1 saturated carbocycles. The summed E-state index contributed by atoms with van der Waals surface area (Å²) in [6.45, 7) is 0. The van der Waals surface area contributed by atoms with Crippen LogP contribution in [0.4, 0.5) is 11.4 Å². The van der Waals surface area contributed by atoms with Crippen LogP contribution < -0.4 is 11.1 Å². The highest BCUT2D eigenvalue weighted by Crippen LogP contribution is 2.47. The van der Waals surface area contributed by atoms with Crippen molar-refractivity contribution in [1.29, 1.82) is 0 Å². The van der Waals surface area contributed by atoms with Crippen molar-refractivity contribution < 1.29 is 4.79 Å². The highest BCUT2D eigenvalue weighted by Gasteiger charge is 2.39. The maximum Gasteiger partial charge on any atom is 0.227 e. The number of benzene rings is 1. The van der Waals surface area contributed by atoms with Crippen LogP contribution in [-0.4, -0.2) is 5.91 Å². The van der Waals surface area contributed by atoms with Gasteiger partial charge in [-0.05, 0) is 42.5 Å². The fraction of sp³-hybridized carbons (Fsp3) is 0.364. The number of amides is 1. The molecule has 2 aliphatic heterocycles. The molecule has 14 heavy (non-hydrogen) atoms. The molecule has 72 valence electrons. The smallest absolute Gasteiger partial charge is 0.227 e. The monoisotopic (exact) mass is 188 g/mol. The molecular formula is C11H12N2O. The van der Waals surface area contributed by atoms with E-state index in [0.717, 1.165) is 24.2 Å². The zero-order valence-electron chi connectivity index (χ0n) is 7.79. The summed E-state index contributed by atoms with van der Waals surface area (Å²) < 4.78 is 0. The molecule has 0 unspecified atom stereocenters. The third-order valence-corrected chi connectivity index (χ3v) is 3.28. The number of nitrogen functional groups attached to an aromatic ring is 1. The van der Waals surface area contributed by atoms with Gasteiger partial charge >= 0.3 is 0 Å². The average Bonchev–Trinajstić information content (AvgIpc) is 2.26. The standard InChI is InChI=1S/C11H12N2O/c12-8-1-2-10-9(5-8)6-3-7(4-6)11(14)13-10/h1-2,5-7H,3-4,12H2,(H,13,14). The third-order valence-electron chi connectivity index (χ3n) is 3.28. The van der Waals surface area contributed by atoms with Gasteiger partial charge in [0.05, 0.1) is 0 Å². The molecule has 1 aliphatic carbocycles. The second-order valence-corrected chi connectivity index (χ2v) is 4.20. The summed E-state index contributed by atoms with van der Waals surface area (Å²) in [7, 11) is 0. The van der Waals surface area contributed by atoms with E-state index in [1.165, 1.54) is 5.56 Å².